The Morgan fingerprint density at radius 1 is 1.25 bits per heavy atom. The Morgan fingerprint density at radius 2 is 1.96 bits per heavy atom. The van der Waals surface area contributed by atoms with Crippen LogP contribution >= 0.6 is 0 Å². The molecular weight excluding hydrogens is 362 g/mol. The molecule has 1 fully saturated rings. The van der Waals surface area contributed by atoms with E-state index in [0.717, 1.165) is 5.56 Å². The summed E-state index contributed by atoms with van der Waals surface area (Å²) in [6, 6.07) is 5.74. The van der Waals surface area contributed by atoms with Crippen molar-refractivity contribution in [1.29, 1.82) is 0 Å². The number of esters is 1. The van der Waals surface area contributed by atoms with Gasteiger partial charge < -0.3 is 23.8 Å². The van der Waals surface area contributed by atoms with Gasteiger partial charge in [0.05, 0.1) is 13.0 Å². The molecule has 0 aliphatic carbocycles. The fourth-order valence-electron chi connectivity index (χ4n) is 3.35. The molecule has 2 heterocycles. The van der Waals surface area contributed by atoms with E-state index in [1.165, 1.54) is 7.11 Å². The summed E-state index contributed by atoms with van der Waals surface area (Å²) in [7, 11) is 1.40. The Bertz CT molecular complexity index is 735. The van der Waals surface area contributed by atoms with Gasteiger partial charge in [0.1, 0.15) is 18.3 Å². The number of hydrogen-bond acceptors (Lipinski definition) is 6. The summed E-state index contributed by atoms with van der Waals surface area (Å²) in [5.41, 5.74) is 0.494. The van der Waals surface area contributed by atoms with Crippen LogP contribution in [0.25, 0.3) is 0 Å². The number of hydrogen-bond donors (Lipinski definition) is 0. The van der Waals surface area contributed by atoms with Crippen molar-refractivity contribution < 1.29 is 28.5 Å². The van der Waals surface area contributed by atoms with E-state index in [1.54, 1.807) is 4.90 Å². The number of nitrogens with zero attached hydrogens (tertiary/aromatic N) is 1. The zero-order chi connectivity index (χ0) is 20.5. The largest absolute Gasteiger partial charge is 0.486 e. The fraction of sp³-hybridized carbons (Fsp3) is 0.619. The van der Waals surface area contributed by atoms with E-state index in [9.17, 15) is 9.59 Å². The molecule has 7 heteroatoms. The van der Waals surface area contributed by atoms with Crippen molar-refractivity contribution in [3.8, 4) is 11.5 Å². The number of benzene rings is 1. The van der Waals surface area contributed by atoms with Gasteiger partial charge >= 0.3 is 12.1 Å². The Kier molecular flexibility index (Phi) is 5.72. The van der Waals surface area contributed by atoms with Crippen LogP contribution in [0.2, 0.25) is 0 Å². The maximum Gasteiger partial charge on any atom is 0.410 e. The first-order chi connectivity index (χ1) is 13.2. The molecule has 0 bridgehead atoms. The van der Waals surface area contributed by atoms with Crippen molar-refractivity contribution in [2.45, 2.75) is 45.8 Å². The van der Waals surface area contributed by atoms with E-state index in [4.69, 9.17) is 18.9 Å². The minimum absolute atomic E-state index is 0.112. The summed E-state index contributed by atoms with van der Waals surface area (Å²) in [4.78, 5) is 25.4. The Labute approximate surface area is 165 Å². The summed E-state index contributed by atoms with van der Waals surface area (Å²) in [6.45, 7) is 9.05. The number of ether oxygens (including phenoxy) is 4. The van der Waals surface area contributed by atoms with E-state index >= 15 is 0 Å². The highest BCUT2D eigenvalue weighted by Crippen LogP contribution is 2.36. The van der Waals surface area contributed by atoms with Crippen molar-refractivity contribution in [2.75, 3.05) is 26.8 Å². The number of fused-ring (bicyclic) bond motifs is 1. The smallest absolute Gasteiger partial charge is 0.410 e. The molecule has 0 unspecified atom stereocenters. The SMILES string of the molecule is COC(=O)[C@@H](C)Cc1ccc2c(c1)O[C@H](C1CN(C(=O)OC(C)(C)C)C1)CO2. The second kappa shape index (κ2) is 7.89. The normalized spacial score (nSPS) is 20.2. The molecule has 1 aromatic carbocycles. The summed E-state index contributed by atoms with van der Waals surface area (Å²) in [5, 5.41) is 0. The molecule has 0 N–H and O–H groups in total. The van der Waals surface area contributed by atoms with Gasteiger partial charge in [0.2, 0.25) is 0 Å². The highest BCUT2D eigenvalue weighted by atomic mass is 16.6. The van der Waals surface area contributed by atoms with Gasteiger partial charge in [-0.15, -0.1) is 0 Å². The van der Waals surface area contributed by atoms with Crippen LogP contribution in [0.15, 0.2) is 18.2 Å². The van der Waals surface area contributed by atoms with Crippen LogP contribution in [0.4, 0.5) is 4.79 Å². The van der Waals surface area contributed by atoms with Gasteiger partial charge in [0.25, 0.3) is 0 Å². The molecule has 2 atom stereocenters. The molecule has 1 aromatic rings. The standard InChI is InChI=1S/C21H29NO6/c1-13(19(23)25-5)8-14-6-7-16-17(9-14)27-18(12-26-16)15-10-22(11-15)20(24)28-21(2,3)4/h6-7,9,13,15,18H,8,10-12H2,1-5H3/t13-,18-/m0/s1. The molecule has 28 heavy (non-hydrogen) atoms. The number of rotatable bonds is 4. The van der Waals surface area contributed by atoms with Crippen molar-refractivity contribution in [2.24, 2.45) is 11.8 Å². The lowest BCUT2D eigenvalue weighted by Crippen LogP contribution is -2.58. The third kappa shape index (κ3) is 4.69. The minimum atomic E-state index is -0.497. The lowest BCUT2D eigenvalue weighted by Gasteiger charge is -2.44. The molecule has 3 rings (SSSR count). The van der Waals surface area contributed by atoms with Gasteiger partial charge in [-0.25, -0.2) is 4.79 Å². The monoisotopic (exact) mass is 391 g/mol. The minimum Gasteiger partial charge on any atom is -0.486 e. The molecule has 0 spiro atoms. The Hall–Kier alpha value is -2.44. The van der Waals surface area contributed by atoms with Crippen molar-refractivity contribution in [3.05, 3.63) is 23.8 Å². The second-order valence-electron chi connectivity index (χ2n) is 8.52. The summed E-state index contributed by atoms with van der Waals surface area (Å²) in [5.74, 6) is 1.13. The molecule has 7 nitrogen and oxygen atoms in total. The van der Waals surface area contributed by atoms with E-state index in [0.29, 0.717) is 37.6 Å². The number of carbonyl (C=O) groups is 2. The lowest BCUT2D eigenvalue weighted by molar-refractivity contribution is -0.144. The summed E-state index contributed by atoms with van der Waals surface area (Å²) in [6.07, 6.45) is 0.170. The molecule has 1 amide bonds. The first-order valence-corrected chi connectivity index (χ1v) is 9.64. The molecule has 0 aromatic heterocycles. The zero-order valence-electron chi connectivity index (χ0n) is 17.2. The lowest BCUT2D eigenvalue weighted by atomic mass is 9.93. The Morgan fingerprint density at radius 3 is 2.61 bits per heavy atom. The van der Waals surface area contributed by atoms with E-state index in [2.05, 4.69) is 0 Å². The number of likely N-dealkylation sites (tertiary alicyclic amines) is 1. The highest BCUT2D eigenvalue weighted by molar-refractivity contribution is 5.72. The van der Waals surface area contributed by atoms with Crippen LogP contribution in [0.3, 0.4) is 0 Å². The second-order valence-corrected chi connectivity index (χ2v) is 8.52. The van der Waals surface area contributed by atoms with Gasteiger partial charge in [-0.1, -0.05) is 13.0 Å². The maximum absolute atomic E-state index is 12.1. The number of methoxy groups -OCH3 is 1. The van der Waals surface area contributed by atoms with Crippen molar-refractivity contribution in [1.82, 2.24) is 4.90 Å². The average Bonchev–Trinajstić information content (AvgIpc) is 2.57. The van der Waals surface area contributed by atoms with Gasteiger partial charge in [0, 0.05) is 19.0 Å². The first kappa shape index (κ1) is 20.3. The van der Waals surface area contributed by atoms with Gasteiger partial charge in [-0.05, 0) is 44.9 Å². The van der Waals surface area contributed by atoms with Crippen LogP contribution in [0.5, 0.6) is 11.5 Å². The quantitative estimate of drug-likeness (QED) is 0.735. The highest BCUT2D eigenvalue weighted by Gasteiger charge is 2.41. The number of carbonyl (C=O) groups excluding carboxylic acids is 2. The third-order valence-corrected chi connectivity index (χ3v) is 4.92. The predicted molar refractivity (Wildman–Crippen MR) is 103 cm³/mol. The molecule has 0 radical (unpaired) electrons. The average molecular weight is 391 g/mol. The van der Waals surface area contributed by atoms with Gasteiger partial charge in [-0.2, -0.15) is 0 Å². The molecule has 2 aliphatic rings. The zero-order valence-corrected chi connectivity index (χ0v) is 17.2. The molecule has 0 saturated carbocycles. The van der Waals surface area contributed by atoms with E-state index in [1.807, 2.05) is 45.9 Å². The van der Waals surface area contributed by atoms with Crippen molar-refractivity contribution >= 4 is 12.1 Å². The molecule has 1 saturated heterocycles. The predicted octanol–water partition coefficient (Wildman–Crippen LogP) is 3.04. The van der Waals surface area contributed by atoms with Crippen molar-refractivity contribution in [3.63, 3.8) is 0 Å². The van der Waals surface area contributed by atoms with Gasteiger partial charge in [0.15, 0.2) is 11.5 Å². The maximum atomic E-state index is 12.1. The van der Waals surface area contributed by atoms with Crippen LogP contribution in [-0.4, -0.2) is 55.5 Å². The van der Waals surface area contributed by atoms with Crippen LogP contribution in [0, 0.1) is 11.8 Å². The fourth-order valence-corrected chi connectivity index (χ4v) is 3.35. The van der Waals surface area contributed by atoms with Crippen LogP contribution in [-0.2, 0) is 20.7 Å². The van der Waals surface area contributed by atoms with E-state index < -0.39 is 5.60 Å². The van der Waals surface area contributed by atoms with Crippen LogP contribution < -0.4 is 9.47 Å². The number of amides is 1. The van der Waals surface area contributed by atoms with Gasteiger partial charge in [-0.3, -0.25) is 4.79 Å². The van der Waals surface area contributed by atoms with E-state index in [-0.39, 0.29) is 30.0 Å². The molecular formula is C21H29NO6. The topological polar surface area (TPSA) is 74.3 Å². The summed E-state index contributed by atoms with van der Waals surface area (Å²) < 4.78 is 22.2. The Balaban J connectivity index is 1.57. The van der Waals surface area contributed by atoms with Crippen LogP contribution in [0.1, 0.15) is 33.3 Å². The third-order valence-electron chi connectivity index (χ3n) is 4.92. The first-order valence-electron chi connectivity index (χ1n) is 9.64. The molecule has 2 aliphatic heterocycles. The molecule has 154 valence electrons. The summed E-state index contributed by atoms with van der Waals surface area (Å²) >= 11 is 0.